The minimum atomic E-state index is 0.200. The first-order valence-corrected chi connectivity index (χ1v) is 5.71. The molecule has 2 N–H and O–H groups in total. The summed E-state index contributed by atoms with van der Waals surface area (Å²) in [5, 5.41) is 2.59. The Labute approximate surface area is 88.6 Å². The van der Waals surface area contributed by atoms with E-state index in [1.165, 1.54) is 5.56 Å². The molecule has 14 heavy (non-hydrogen) atoms. The second kappa shape index (κ2) is 4.15. The van der Waals surface area contributed by atoms with Gasteiger partial charge in [0.2, 0.25) is 0 Å². The van der Waals surface area contributed by atoms with Crippen molar-refractivity contribution in [3.05, 3.63) is 41.6 Å². The Morgan fingerprint density at radius 3 is 3.07 bits per heavy atom. The maximum atomic E-state index is 5.94. The lowest BCUT2D eigenvalue weighted by atomic mass is 9.94. The summed E-state index contributed by atoms with van der Waals surface area (Å²) in [6.45, 7) is 2.06. The Morgan fingerprint density at radius 1 is 1.57 bits per heavy atom. The average molecular weight is 206 g/mol. The zero-order valence-electron chi connectivity index (χ0n) is 8.13. The minimum absolute atomic E-state index is 0.200. The molecule has 1 aromatic rings. The topological polar surface area (TPSA) is 38.9 Å². The van der Waals surface area contributed by atoms with Gasteiger partial charge in [-0.15, -0.1) is 11.8 Å². The molecule has 2 rings (SSSR count). The second-order valence-corrected chi connectivity index (χ2v) is 4.66. The molecule has 0 spiro atoms. The van der Waals surface area contributed by atoms with E-state index in [-0.39, 0.29) is 6.04 Å². The highest BCUT2D eigenvalue weighted by Crippen LogP contribution is 2.43. The molecule has 0 fully saturated rings. The zero-order valence-corrected chi connectivity index (χ0v) is 8.95. The highest BCUT2D eigenvalue weighted by Gasteiger charge is 2.27. The predicted molar refractivity (Wildman–Crippen MR) is 60.8 cm³/mol. The first-order chi connectivity index (χ1) is 6.79. The van der Waals surface area contributed by atoms with Gasteiger partial charge in [-0.1, -0.05) is 12.1 Å². The first kappa shape index (κ1) is 9.74. The highest BCUT2D eigenvalue weighted by molar-refractivity contribution is 8.02. The van der Waals surface area contributed by atoms with Crippen molar-refractivity contribution in [1.82, 2.24) is 4.98 Å². The molecule has 0 bridgehead atoms. The number of pyridine rings is 1. The maximum Gasteiger partial charge on any atom is 0.0431 e. The third-order valence-corrected chi connectivity index (χ3v) is 3.69. The molecule has 0 amide bonds. The Kier molecular flexibility index (Phi) is 2.89. The van der Waals surface area contributed by atoms with E-state index in [1.54, 1.807) is 6.20 Å². The largest absolute Gasteiger partial charge is 0.327 e. The number of hydrogen-bond acceptors (Lipinski definition) is 3. The van der Waals surface area contributed by atoms with Gasteiger partial charge in [0, 0.05) is 29.6 Å². The van der Waals surface area contributed by atoms with Crippen LogP contribution in [0.4, 0.5) is 0 Å². The van der Waals surface area contributed by atoms with E-state index >= 15 is 0 Å². The van der Waals surface area contributed by atoms with E-state index in [2.05, 4.69) is 29.5 Å². The second-order valence-electron chi connectivity index (χ2n) is 3.61. The van der Waals surface area contributed by atoms with E-state index in [0.29, 0.717) is 11.2 Å². The molecule has 1 aliphatic heterocycles. The molecule has 1 aliphatic rings. The van der Waals surface area contributed by atoms with Crippen molar-refractivity contribution in [3.8, 4) is 0 Å². The van der Waals surface area contributed by atoms with Gasteiger partial charge >= 0.3 is 0 Å². The van der Waals surface area contributed by atoms with Crippen molar-refractivity contribution in [2.24, 2.45) is 11.7 Å². The first-order valence-electron chi connectivity index (χ1n) is 4.76. The van der Waals surface area contributed by atoms with Crippen LogP contribution < -0.4 is 5.73 Å². The quantitative estimate of drug-likeness (QED) is 0.807. The molecule has 1 aromatic heterocycles. The summed E-state index contributed by atoms with van der Waals surface area (Å²) in [5.41, 5.74) is 7.21. The third-order valence-electron chi connectivity index (χ3n) is 2.50. The molecule has 0 saturated heterocycles. The summed E-state index contributed by atoms with van der Waals surface area (Å²) in [7, 11) is 0. The Balaban J connectivity index is 2.20. The van der Waals surface area contributed by atoms with Crippen molar-refractivity contribution in [1.29, 1.82) is 0 Å². The van der Waals surface area contributed by atoms with E-state index < -0.39 is 0 Å². The fourth-order valence-electron chi connectivity index (χ4n) is 1.71. The molecule has 0 saturated carbocycles. The molecule has 2 nitrogen and oxygen atoms in total. The van der Waals surface area contributed by atoms with Crippen LogP contribution in [-0.4, -0.2) is 11.0 Å². The molecular formula is C11H14N2S. The third kappa shape index (κ3) is 1.83. The molecular weight excluding hydrogens is 192 g/mol. The summed E-state index contributed by atoms with van der Waals surface area (Å²) in [4.78, 5) is 4.14. The zero-order chi connectivity index (χ0) is 9.97. The van der Waals surface area contributed by atoms with Crippen LogP contribution >= 0.6 is 11.8 Å². The monoisotopic (exact) mass is 206 g/mol. The smallest absolute Gasteiger partial charge is 0.0431 e. The fraction of sp³-hybridized carbons (Fsp3) is 0.364. The van der Waals surface area contributed by atoms with E-state index in [0.717, 1.165) is 0 Å². The molecule has 3 heteroatoms. The lowest BCUT2D eigenvalue weighted by molar-refractivity contribution is 0.530. The summed E-state index contributed by atoms with van der Waals surface area (Å²) >= 11 is 1.83. The van der Waals surface area contributed by atoms with Crippen molar-refractivity contribution < 1.29 is 0 Å². The fourth-order valence-corrected chi connectivity index (χ4v) is 2.97. The van der Waals surface area contributed by atoms with Crippen LogP contribution in [0, 0.1) is 5.92 Å². The summed E-state index contributed by atoms with van der Waals surface area (Å²) in [5.74, 6) is 0.434. The van der Waals surface area contributed by atoms with E-state index in [9.17, 15) is 0 Å². The Morgan fingerprint density at radius 2 is 2.43 bits per heavy atom. The molecule has 0 aliphatic carbocycles. The van der Waals surface area contributed by atoms with Crippen LogP contribution in [-0.2, 0) is 0 Å². The van der Waals surface area contributed by atoms with Gasteiger partial charge in [0.15, 0.2) is 0 Å². The molecule has 0 radical (unpaired) electrons. The van der Waals surface area contributed by atoms with Gasteiger partial charge in [0.1, 0.15) is 0 Å². The SMILES string of the molecule is CC(N)C1C=CS[C@@H]1c1cccnc1. The number of nitrogens with zero attached hydrogens (tertiary/aromatic N) is 1. The van der Waals surface area contributed by atoms with Crippen LogP contribution in [0.15, 0.2) is 36.0 Å². The Bertz CT molecular complexity index is 321. The van der Waals surface area contributed by atoms with Gasteiger partial charge in [-0.05, 0) is 24.0 Å². The van der Waals surface area contributed by atoms with Gasteiger partial charge in [-0.25, -0.2) is 0 Å². The standard InChI is InChI=1S/C11H14N2S/c1-8(12)10-4-6-14-11(10)9-3-2-5-13-7-9/h2-8,10-11H,12H2,1H3/t8?,10?,11-/m1/s1. The lowest BCUT2D eigenvalue weighted by Crippen LogP contribution is -2.27. The van der Waals surface area contributed by atoms with Crippen LogP contribution in [0.1, 0.15) is 17.7 Å². The predicted octanol–water partition coefficient (Wildman–Crippen LogP) is 2.35. The van der Waals surface area contributed by atoms with Crippen LogP contribution in [0.5, 0.6) is 0 Å². The number of hydrogen-bond donors (Lipinski definition) is 1. The van der Waals surface area contributed by atoms with Gasteiger partial charge in [-0.3, -0.25) is 4.98 Å². The highest BCUT2D eigenvalue weighted by atomic mass is 32.2. The number of aromatic nitrogens is 1. The molecule has 3 atom stereocenters. The molecule has 2 heterocycles. The molecule has 74 valence electrons. The van der Waals surface area contributed by atoms with Crippen LogP contribution in [0.2, 0.25) is 0 Å². The Hall–Kier alpha value is -0.800. The van der Waals surface area contributed by atoms with Gasteiger partial charge in [-0.2, -0.15) is 0 Å². The van der Waals surface area contributed by atoms with Crippen molar-refractivity contribution in [2.45, 2.75) is 18.2 Å². The lowest BCUT2D eigenvalue weighted by Gasteiger charge is -2.21. The summed E-state index contributed by atoms with van der Waals surface area (Å²) in [6.07, 6.45) is 5.93. The number of nitrogens with two attached hydrogens (primary N) is 1. The minimum Gasteiger partial charge on any atom is -0.327 e. The normalized spacial score (nSPS) is 27.9. The number of rotatable bonds is 2. The average Bonchev–Trinajstić information content (AvgIpc) is 2.67. The van der Waals surface area contributed by atoms with Crippen LogP contribution in [0.3, 0.4) is 0 Å². The molecule has 2 unspecified atom stereocenters. The van der Waals surface area contributed by atoms with E-state index in [4.69, 9.17) is 5.73 Å². The van der Waals surface area contributed by atoms with E-state index in [1.807, 2.05) is 24.0 Å². The van der Waals surface area contributed by atoms with Crippen LogP contribution in [0.25, 0.3) is 0 Å². The van der Waals surface area contributed by atoms with Gasteiger partial charge in [0.05, 0.1) is 0 Å². The summed E-state index contributed by atoms with van der Waals surface area (Å²) in [6, 6.07) is 4.30. The number of thioether (sulfide) groups is 1. The van der Waals surface area contributed by atoms with Crippen molar-refractivity contribution >= 4 is 11.8 Å². The summed E-state index contributed by atoms with van der Waals surface area (Å²) < 4.78 is 0. The van der Waals surface area contributed by atoms with Gasteiger partial charge < -0.3 is 5.73 Å². The van der Waals surface area contributed by atoms with Crippen molar-refractivity contribution in [3.63, 3.8) is 0 Å². The molecule has 0 aromatic carbocycles. The van der Waals surface area contributed by atoms with Gasteiger partial charge in [0.25, 0.3) is 0 Å². The maximum absolute atomic E-state index is 5.94. The van der Waals surface area contributed by atoms with Crippen molar-refractivity contribution in [2.75, 3.05) is 0 Å².